The van der Waals surface area contributed by atoms with E-state index in [1.54, 1.807) is 0 Å². The van der Waals surface area contributed by atoms with E-state index in [-0.39, 0.29) is 19.3 Å². The molecule has 1 heterocycles. The number of carbonyl (C=O) groups is 1. The molecule has 3 rings (SSSR count). The zero-order chi connectivity index (χ0) is 14.7. The SMILES string of the molecule is C#C[C@H]1[C@H]2C[C@H](C[C@@H]2OC(F)(F)F)N1C(=O)C1(F)CC1. The molecule has 3 fully saturated rings. The van der Waals surface area contributed by atoms with Crippen LogP contribution in [-0.2, 0) is 9.53 Å². The first-order valence-corrected chi connectivity index (χ1v) is 6.47. The molecule has 0 aromatic carbocycles. The predicted octanol–water partition coefficient (Wildman–Crippen LogP) is 2.02. The average Bonchev–Trinajstić information content (AvgIpc) is 2.83. The number of amides is 1. The summed E-state index contributed by atoms with van der Waals surface area (Å²) in [6, 6.07) is -1.25. The fourth-order valence-corrected chi connectivity index (χ4v) is 3.36. The zero-order valence-electron chi connectivity index (χ0n) is 10.5. The highest BCUT2D eigenvalue weighted by Gasteiger charge is 2.61. The number of hydrogen-bond acceptors (Lipinski definition) is 2. The number of alkyl halides is 4. The Morgan fingerprint density at radius 3 is 2.50 bits per heavy atom. The summed E-state index contributed by atoms with van der Waals surface area (Å²) in [7, 11) is 0. The number of halogens is 4. The van der Waals surface area contributed by atoms with Crippen molar-refractivity contribution in [3.8, 4) is 12.3 Å². The third-order valence-corrected chi connectivity index (χ3v) is 4.39. The number of ether oxygens (including phenoxy) is 1. The van der Waals surface area contributed by atoms with Crippen LogP contribution in [0.15, 0.2) is 0 Å². The molecule has 110 valence electrons. The van der Waals surface area contributed by atoms with E-state index >= 15 is 0 Å². The van der Waals surface area contributed by atoms with Gasteiger partial charge < -0.3 is 4.90 Å². The highest BCUT2D eigenvalue weighted by Crippen LogP contribution is 2.50. The maximum Gasteiger partial charge on any atom is 0.522 e. The van der Waals surface area contributed by atoms with Gasteiger partial charge in [0.15, 0.2) is 5.67 Å². The molecule has 0 aromatic heterocycles. The number of nitrogens with zero attached hydrogens (tertiary/aromatic N) is 1. The molecule has 3 aliphatic rings. The van der Waals surface area contributed by atoms with Crippen molar-refractivity contribution in [3.05, 3.63) is 0 Å². The van der Waals surface area contributed by atoms with E-state index < -0.39 is 42.0 Å². The lowest BCUT2D eigenvalue weighted by Gasteiger charge is -2.37. The van der Waals surface area contributed by atoms with Crippen LogP contribution in [0.5, 0.6) is 0 Å². The van der Waals surface area contributed by atoms with Gasteiger partial charge in [-0.2, -0.15) is 0 Å². The normalized spacial score (nSPS) is 37.9. The van der Waals surface area contributed by atoms with E-state index in [9.17, 15) is 22.4 Å². The lowest BCUT2D eigenvalue weighted by atomic mass is 9.96. The first-order chi connectivity index (χ1) is 9.25. The van der Waals surface area contributed by atoms with E-state index in [0.29, 0.717) is 6.42 Å². The molecule has 1 amide bonds. The molecular formula is C13H13F4NO2. The number of likely N-dealkylation sites (tertiary alicyclic amines) is 1. The average molecular weight is 291 g/mol. The second-order valence-corrected chi connectivity index (χ2v) is 5.68. The minimum atomic E-state index is -4.72. The summed E-state index contributed by atoms with van der Waals surface area (Å²) in [5.74, 6) is 1.09. The second-order valence-electron chi connectivity index (χ2n) is 5.68. The van der Waals surface area contributed by atoms with E-state index in [2.05, 4.69) is 10.7 Å². The summed E-state index contributed by atoms with van der Waals surface area (Å²) in [4.78, 5) is 13.3. The molecule has 0 aromatic rings. The largest absolute Gasteiger partial charge is 0.522 e. The molecule has 0 spiro atoms. The molecule has 3 nitrogen and oxygen atoms in total. The molecule has 20 heavy (non-hydrogen) atoms. The van der Waals surface area contributed by atoms with Crippen molar-refractivity contribution in [2.24, 2.45) is 5.92 Å². The van der Waals surface area contributed by atoms with Crippen molar-refractivity contribution in [2.75, 3.05) is 0 Å². The van der Waals surface area contributed by atoms with Crippen molar-refractivity contribution < 1.29 is 27.1 Å². The predicted molar refractivity (Wildman–Crippen MR) is 60.0 cm³/mol. The maximum absolute atomic E-state index is 13.9. The van der Waals surface area contributed by atoms with Crippen LogP contribution in [0.4, 0.5) is 17.6 Å². The minimum Gasteiger partial charge on any atom is -0.323 e. The number of carbonyl (C=O) groups excluding carboxylic acids is 1. The number of fused-ring (bicyclic) bond motifs is 2. The van der Waals surface area contributed by atoms with Gasteiger partial charge in [0.1, 0.15) is 0 Å². The summed E-state index contributed by atoms with van der Waals surface area (Å²) in [5, 5.41) is 0. The van der Waals surface area contributed by atoms with E-state index in [1.807, 2.05) is 0 Å². The number of hydrogen-bond donors (Lipinski definition) is 0. The molecule has 0 unspecified atom stereocenters. The molecule has 0 N–H and O–H groups in total. The van der Waals surface area contributed by atoms with E-state index in [0.717, 1.165) is 0 Å². The van der Waals surface area contributed by atoms with Crippen molar-refractivity contribution in [1.82, 2.24) is 4.90 Å². The van der Waals surface area contributed by atoms with Crippen LogP contribution in [0.1, 0.15) is 25.7 Å². The van der Waals surface area contributed by atoms with Crippen molar-refractivity contribution in [1.29, 1.82) is 0 Å². The maximum atomic E-state index is 13.9. The van der Waals surface area contributed by atoms with Gasteiger partial charge in [0.2, 0.25) is 0 Å². The molecule has 4 atom stereocenters. The van der Waals surface area contributed by atoms with Crippen LogP contribution in [0.25, 0.3) is 0 Å². The van der Waals surface area contributed by atoms with Crippen LogP contribution in [0.3, 0.4) is 0 Å². The Balaban J connectivity index is 1.76. The lowest BCUT2D eigenvalue weighted by Crippen LogP contribution is -2.52. The molecule has 1 saturated heterocycles. The minimum absolute atomic E-state index is 0.0597. The summed E-state index contributed by atoms with van der Waals surface area (Å²) in [6.45, 7) is 0. The molecule has 2 bridgehead atoms. The Bertz CT molecular complexity index is 480. The van der Waals surface area contributed by atoms with Crippen molar-refractivity contribution in [2.45, 2.75) is 55.9 Å². The van der Waals surface area contributed by atoms with Gasteiger partial charge in [0.05, 0.1) is 12.1 Å². The Hall–Kier alpha value is -1.29. The topological polar surface area (TPSA) is 29.5 Å². The monoisotopic (exact) mass is 291 g/mol. The summed E-state index contributed by atoms with van der Waals surface area (Å²) < 4.78 is 54.9. The Kier molecular flexibility index (Phi) is 2.81. The van der Waals surface area contributed by atoms with Crippen LogP contribution in [0.2, 0.25) is 0 Å². The lowest BCUT2D eigenvalue weighted by molar-refractivity contribution is -0.348. The van der Waals surface area contributed by atoms with E-state index in [4.69, 9.17) is 6.42 Å². The summed E-state index contributed by atoms with van der Waals surface area (Å²) in [5.41, 5.74) is -1.85. The molecule has 1 aliphatic heterocycles. The van der Waals surface area contributed by atoms with Crippen molar-refractivity contribution in [3.63, 3.8) is 0 Å². The smallest absolute Gasteiger partial charge is 0.323 e. The van der Waals surface area contributed by atoms with E-state index in [1.165, 1.54) is 4.90 Å². The van der Waals surface area contributed by atoms with Crippen LogP contribution < -0.4 is 0 Å². The van der Waals surface area contributed by atoms with Gasteiger partial charge in [-0.15, -0.1) is 19.6 Å². The third kappa shape index (κ3) is 2.06. The van der Waals surface area contributed by atoms with Crippen LogP contribution in [0, 0.1) is 18.3 Å². The standard InChI is InChI=1S/C13H13F4NO2/c1-2-9-8-5-7(6-10(8)20-13(15,16)17)18(9)11(19)12(14)3-4-12/h1,7-10H,3-6H2/t7-,8-,9+,10+/m1/s1. The Morgan fingerprint density at radius 1 is 1.35 bits per heavy atom. The van der Waals surface area contributed by atoms with Crippen LogP contribution in [-0.4, -0.2) is 41.0 Å². The van der Waals surface area contributed by atoms with Crippen LogP contribution >= 0.6 is 0 Å². The zero-order valence-corrected chi connectivity index (χ0v) is 10.5. The molecule has 2 saturated carbocycles. The number of rotatable bonds is 2. The fraction of sp³-hybridized carbons (Fsp3) is 0.769. The van der Waals surface area contributed by atoms with Gasteiger partial charge >= 0.3 is 6.36 Å². The Morgan fingerprint density at radius 2 is 2.00 bits per heavy atom. The van der Waals surface area contributed by atoms with Gasteiger partial charge in [-0.05, 0) is 25.7 Å². The van der Waals surface area contributed by atoms with Gasteiger partial charge in [0, 0.05) is 12.0 Å². The first kappa shape index (κ1) is 13.7. The van der Waals surface area contributed by atoms with Gasteiger partial charge in [0.25, 0.3) is 5.91 Å². The highest BCUT2D eigenvalue weighted by atomic mass is 19.4. The molecular weight excluding hydrogens is 278 g/mol. The van der Waals surface area contributed by atoms with Gasteiger partial charge in [-0.25, -0.2) is 4.39 Å². The Labute approximate surface area is 113 Å². The number of terminal acetylenes is 1. The quantitative estimate of drug-likeness (QED) is 0.575. The van der Waals surface area contributed by atoms with Gasteiger partial charge in [-0.3, -0.25) is 9.53 Å². The summed E-state index contributed by atoms with van der Waals surface area (Å²) in [6.07, 6.45) is 0.309. The molecule has 2 aliphatic carbocycles. The first-order valence-electron chi connectivity index (χ1n) is 6.47. The highest BCUT2D eigenvalue weighted by molar-refractivity contribution is 5.89. The second kappa shape index (κ2) is 4.10. The number of piperidine rings is 1. The fourth-order valence-electron chi connectivity index (χ4n) is 3.36. The van der Waals surface area contributed by atoms with Gasteiger partial charge in [-0.1, -0.05) is 5.92 Å². The molecule has 7 heteroatoms. The third-order valence-electron chi connectivity index (χ3n) is 4.39. The summed E-state index contributed by atoms with van der Waals surface area (Å²) >= 11 is 0. The van der Waals surface area contributed by atoms with Crippen molar-refractivity contribution >= 4 is 5.91 Å². The molecule has 0 radical (unpaired) electrons.